The van der Waals surface area contributed by atoms with Gasteiger partial charge in [-0.1, -0.05) is 12.1 Å². The van der Waals surface area contributed by atoms with Crippen LogP contribution >= 0.6 is 0 Å². The molecule has 0 bridgehead atoms. The van der Waals surface area contributed by atoms with Crippen molar-refractivity contribution in [2.75, 3.05) is 16.8 Å². The molecule has 4 rings (SSSR count). The van der Waals surface area contributed by atoms with E-state index in [-0.39, 0.29) is 45.6 Å². The van der Waals surface area contributed by atoms with E-state index in [2.05, 4.69) is 20.3 Å². The van der Waals surface area contributed by atoms with Crippen molar-refractivity contribution in [2.45, 2.75) is 13.0 Å². The second kappa shape index (κ2) is 7.92. The Labute approximate surface area is 180 Å². The van der Waals surface area contributed by atoms with Crippen molar-refractivity contribution in [1.82, 2.24) is 19.5 Å². The van der Waals surface area contributed by atoms with Gasteiger partial charge in [0, 0.05) is 0 Å². The lowest BCUT2D eigenvalue weighted by atomic mass is 10.2. The molecule has 0 fully saturated rings. The van der Waals surface area contributed by atoms with Crippen LogP contribution in [0.25, 0.3) is 16.6 Å². The largest absolute Gasteiger partial charge is 0.382 e. The summed E-state index contributed by atoms with van der Waals surface area (Å²) in [6.45, 7) is 1.64. The van der Waals surface area contributed by atoms with Crippen molar-refractivity contribution in [3.05, 3.63) is 75.8 Å². The molecule has 9 nitrogen and oxygen atoms in total. The summed E-state index contributed by atoms with van der Waals surface area (Å²) in [5.74, 6) is -1.46. The van der Waals surface area contributed by atoms with Gasteiger partial charge in [-0.15, -0.1) is 0 Å². The average molecular weight is 434 g/mol. The third kappa shape index (κ3) is 3.54. The first kappa shape index (κ1) is 20.7. The summed E-state index contributed by atoms with van der Waals surface area (Å²) < 4.78 is 29.5. The van der Waals surface area contributed by atoms with Gasteiger partial charge in [-0.05, 0) is 37.3 Å². The molecular formula is C21H16F2N8O. The van der Waals surface area contributed by atoms with E-state index >= 15 is 0 Å². The van der Waals surface area contributed by atoms with Crippen LogP contribution in [0, 0.1) is 23.0 Å². The van der Waals surface area contributed by atoms with E-state index < -0.39 is 23.2 Å². The molecule has 32 heavy (non-hydrogen) atoms. The molecule has 0 aliphatic rings. The van der Waals surface area contributed by atoms with Crippen molar-refractivity contribution < 1.29 is 8.78 Å². The first-order chi connectivity index (χ1) is 15.3. The minimum Gasteiger partial charge on any atom is -0.382 e. The number of nitrogen functional groups attached to an aromatic ring is 2. The quantitative estimate of drug-likeness (QED) is 0.444. The summed E-state index contributed by atoms with van der Waals surface area (Å²) in [6, 6.07) is 10.5. The predicted molar refractivity (Wildman–Crippen MR) is 115 cm³/mol. The maximum Gasteiger partial charge on any atom is 0.269 e. The van der Waals surface area contributed by atoms with Crippen LogP contribution in [-0.4, -0.2) is 19.5 Å². The molecule has 1 unspecified atom stereocenters. The Hall–Kier alpha value is -4.59. The maximum atomic E-state index is 14.5. The number of benzene rings is 2. The molecule has 0 amide bonds. The summed E-state index contributed by atoms with van der Waals surface area (Å²) in [5, 5.41) is 12.1. The Morgan fingerprint density at radius 2 is 1.88 bits per heavy atom. The SMILES string of the molecule is CC(Nc1nc(N)nc(N)c1C#N)c1nc2cccc(F)c2c(=O)n1-c1cccc(F)c1. The number of nitriles is 1. The minimum absolute atomic E-state index is 0.0318. The van der Waals surface area contributed by atoms with Gasteiger partial charge in [0.25, 0.3) is 5.56 Å². The molecule has 160 valence electrons. The third-order valence-electron chi connectivity index (χ3n) is 4.75. The summed E-state index contributed by atoms with van der Waals surface area (Å²) in [5.41, 5.74) is 10.9. The summed E-state index contributed by atoms with van der Waals surface area (Å²) in [7, 11) is 0. The fourth-order valence-electron chi connectivity index (χ4n) is 3.34. The van der Waals surface area contributed by atoms with E-state index in [1.165, 1.54) is 30.3 Å². The Morgan fingerprint density at radius 3 is 2.59 bits per heavy atom. The highest BCUT2D eigenvalue weighted by Crippen LogP contribution is 2.25. The minimum atomic E-state index is -0.764. The number of hydrogen-bond acceptors (Lipinski definition) is 8. The number of nitrogens with one attached hydrogen (secondary N) is 1. The Kier molecular flexibility index (Phi) is 5.11. The van der Waals surface area contributed by atoms with Gasteiger partial charge in [0.15, 0.2) is 5.82 Å². The molecule has 2 heterocycles. The van der Waals surface area contributed by atoms with E-state index in [0.717, 1.165) is 16.7 Å². The molecule has 1 atom stereocenters. The first-order valence-corrected chi connectivity index (χ1v) is 9.37. The maximum absolute atomic E-state index is 14.5. The van der Waals surface area contributed by atoms with E-state index in [9.17, 15) is 18.8 Å². The van der Waals surface area contributed by atoms with Crippen LogP contribution in [0.15, 0.2) is 47.3 Å². The molecule has 0 saturated heterocycles. The highest BCUT2D eigenvalue weighted by molar-refractivity contribution is 5.78. The van der Waals surface area contributed by atoms with E-state index in [4.69, 9.17) is 11.5 Å². The van der Waals surface area contributed by atoms with Crippen molar-refractivity contribution in [1.29, 1.82) is 5.26 Å². The molecule has 0 radical (unpaired) electrons. The zero-order valence-corrected chi connectivity index (χ0v) is 16.7. The van der Waals surface area contributed by atoms with Gasteiger partial charge in [-0.25, -0.2) is 13.8 Å². The number of halogens is 2. The first-order valence-electron chi connectivity index (χ1n) is 9.37. The molecule has 5 N–H and O–H groups in total. The zero-order valence-electron chi connectivity index (χ0n) is 16.7. The second-order valence-electron chi connectivity index (χ2n) is 6.89. The summed E-state index contributed by atoms with van der Waals surface area (Å²) in [6.07, 6.45) is 0. The Morgan fingerprint density at radius 1 is 1.12 bits per heavy atom. The topological polar surface area (TPSA) is 149 Å². The number of nitrogens with two attached hydrogens (primary N) is 2. The van der Waals surface area contributed by atoms with Crippen LogP contribution in [0.5, 0.6) is 0 Å². The van der Waals surface area contributed by atoms with E-state index in [1.807, 2.05) is 6.07 Å². The molecule has 0 aliphatic heterocycles. The standard InChI is InChI=1S/C21H16F2N8O/c1-10(27-18-13(9-24)17(25)29-21(26)30-18)19-28-15-7-3-6-14(23)16(15)20(32)31(19)12-5-2-4-11(22)8-12/h2-8,10H,1H3,(H5,25,26,27,29,30). The van der Waals surface area contributed by atoms with Gasteiger partial charge in [0.05, 0.1) is 17.2 Å². The Bertz CT molecular complexity index is 1460. The van der Waals surface area contributed by atoms with Gasteiger partial charge >= 0.3 is 0 Å². The second-order valence-corrected chi connectivity index (χ2v) is 6.89. The molecule has 11 heteroatoms. The predicted octanol–water partition coefficient (Wildman–Crippen LogP) is 2.66. The molecule has 4 aromatic rings. The van der Waals surface area contributed by atoms with Gasteiger partial charge in [0.1, 0.15) is 40.3 Å². The molecule has 0 spiro atoms. The number of aromatic nitrogens is 4. The lowest BCUT2D eigenvalue weighted by molar-refractivity contribution is 0.623. The van der Waals surface area contributed by atoms with E-state index in [1.54, 1.807) is 6.92 Å². The zero-order chi connectivity index (χ0) is 23.0. The van der Waals surface area contributed by atoms with Crippen molar-refractivity contribution in [2.24, 2.45) is 0 Å². The monoisotopic (exact) mass is 434 g/mol. The van der Waals surface area contributed by atoms with Crippen LogP contribution in [0.4, 0.5) is 26.4 Å². The van der Waals surface area contributed by atoms with Crippen LogP contribution in [0.3, 0.4) is 0 Å². The smallest absolute Gasteiger partial charge is 0.269 e. The fraction of sp³-hybridized carbons (Fsp3) is 0.0952. The Balaban J connectivity index is 1.95. The van der Waals surface area contributed by atoms with Crippen LogP contribution in [-0.2, 0) is 0 Å². The van der Waals surface area contributed by atoms with Gasteiger partial charge in [-0.3, -0.25) is 9.36 Å². The van der Waals surface area contributed by atoms with Gasteiger partial charge < -0.3 is 16.8 Å². The normalized spacial score (nSPS) is 11.8. The lowest BCUT2D eigenvalue weighted by Gasteiger charge is -2.21. The molecule has 2 aromatic carbocycles. The van der Waals surface area contributed by atoms with Gasteiger partial charge in [-0.2, -0.15) is 15.2 Å². The summed E-state index contributed by atoms with van der Waals surface area (Å²) >= 11 is 0. The van der Waals surface area contributed by atoms with Crippen molar-refractivity contribution >= 4 is 28.5 Å². The number of nitrogens with zero attached hydrogens (tertiary/aromatic N) is 5. The highest BCUT2D eigenvalue weighted by atomic mass is 19.1. The van der Waals surface area contributed by atoms with Crippen LogP contribution in [0.2, 0.25) is 0 Å². The van der Waals surface area contributed by atoms with Crippen molar-refractivity contribution in [3.63, 3.8) is 0 Å². The summed E-state index contributed by atoms with van der Waals surface area (Å²) in [4.78, 5) is 25.5. The van der Waals surface area contributed by atoms with Crippen LogP contribution < -0.4 is 22.3 Å². The third-order valence-corrected chi connectivity index (χ3v) is 4.75. The average Bonchev–Trinajstić information content (AvgIpc) is 2.73. The molecule has 0 saturated carbocycles. The molecular weight excluding hydrogens is 418 g/mol. The van der Waals surface area contributed by atoms with Gasteiger partial charge in [0.2, 0.25) is 5.95 Å². The molecule has 2 aromatic heterocycles. The molecule has 0 aliphatic carbocycles. The highest BCUT2D eigenvalue weighted by Gasteiger charge is 2.22. The number of anilines is 3. The number of hydrogen-bond donors (Lipinski definition) is 3. The number of rotatable bonds is 4. The van der Waals surface area contributed by atoms with Crippen molar-refractivity contribution in [3.8, 4) is 11.8 Å². The van der Waals surface area contributed by atoms with E-state index in [0.29, 0.717) is 0 Å². The van der Waals surface area contributed by atoms with Crippen LogP contribution in [0.1, 0.15) is 24.4 Å². The lowest BCUT2D eigenvalue weighted by Crippen LogP contribution is -2.28. The fourth-order valence-corrected chi connectivity index (χ4v) is 3.34. The number of fused-ring (bicyclic) bond motifs is 1.